The fraction of sp³-hybridized carbons (Fsp3) is 0.923. The van der Waals surface area contributed by atoms with Gasteiger partial charge in [-0.15, -0.1) is 0 Å². The molecule has 0 aromatic rings. The number of rotatable bonds is 1. The van der Waals surface area contributed by atoms with Crippen molar-refractivity contribution in [3.8, 4) is 0 Å². The van der Waals surface area contributed by atoms with Crippen LogP contribution in [0.5, 0.6) is 0 Å². The molecule has 0 aromatic carbocycles. The molecule has 5 heteroatoms. The summed E-state index contributed by atoms with van der Waals surface area (Å²) in [7, 11) is 0. The van der Waals surface area contributed by atoms with E-state index in [2.05, 4.69) is 4.90 Å². The molecule has 1 amide bonds. The van der Waals surface area contributed by atoms with Crippen LogP contribution in [0.4, 0.5) is 4.79 Å². The minimum Gasteiger partial charge on any atom is -0.444 e. The summed E-state index contributed by atoms with van der Waals surface area (Å²) in [4.78, 5) is 16.1. The fourth-order valence-electron chi connectivity index (χ4n) is 2.85. The standard InChI is InChI=1S/C13H24N2O3/c1-13(2,3)18-12(17)14-6-7-15-10(8-14)4-5-11(15)9-16/h10-11,16H,4-9H2,1-3H3/t10?,11-/m1/s1. The van der Waals surface area contributed by atoms with Gasteiger partial charge in [-0.1, -0.05) is 0 Å². The van der Waals surface area contributed by atoms with Crippen LogP contribution in [0.1, 0.15) is 33.6 Å². The van der Waals surface area contributed by atoms with Crippen LogP contribution in [0.3, 0.4) is 0 Å². The van der Waals surface area contributed by atoms with E-state index in [0.29, 0.717) is 12.6 Å². The molecule has 2 aliphatic rings. The van der Waals surface area contributed by atoms with E-state index in [9.17, 15) is 9.90 Å². The molecule has 18 heavy (non-hydrogen) atoms. The third-order valence-corrected chi connectivity index (χ3v) is 3.69. The number of hydrogen-bond acceptors (Lipinski definition) is 4. The summed E-state index contributed by atoms with van der Waals surface area (Å²) in [5.41, 5.74) is -0.433. The first kappa shape index (κ1) is 13.6. The maximum atomic E-state index is 12.0. The molecule has 2 rings (SSSR count). The monoisotopic (exact) mass is 256 g/mol. The topological polar surface area (TPSA) is 53.0 Å². The molecular formula is C13H24N2O3. The van der Waals surface area contributed by atoms with Gasteiger partial charge in [-0.05, 0) is 33.6 Å². The Balaban J connectivity index is 1.90. The summed E-state index contributed by atoms with van der Waals surface area (Å²) in [6.45, 7) is 8.15. The Morgan fingerprint density at radius 3 is 2.67 bits per heavy atom. The third-order valence-electron chi connectivity index (χ3n) is 3.69. The van der Waals surface area contributed by atoms with Crippen LogP contribution in [0.15, 0.2) is 0 Å². The van der Waals surface area contributed by atoms with Crippen molar-refractivity contribution >= 4 is 6.09 Å². The lowest BCUT2D eigenvalue weighted by Gasteiger charge is -2.39. The molecule has 5 nitrogen and oxygen atoms in total. The van der Waals surface area contributed by atoms with Crippen LogP contribution in [-0.2, 0) is 4.74 Å². The van der Waals surface area contributed by atoms with Gasteiger partial charge in [0.2, 0.25) is 0 Å². The van der Waals surface area contributed by atoms with E-state index >= 15 is 0 Å². The largest absolute Gasteiger partial charge is 0.444 e. The molecule has 2 fully saturated rings. The normalized spacial score (nSPS) is 29.2. The second kappa shape index (κ2) is 5.05. The molecule has 1 N–H and O–H groups in total. The van der Waals surface area contributed by atoms with E-state index in [4.69, 9.17) is 4.74 Å². The van der Waals surface area contributed by atoms with Gasteiger partial charge in [-0.25, -0.2) is 4.79 Å². The fourth-order valence-corrected chi connectivity index (χ4v) is 2.85. The molecule has 2 atom stereocenters. The Labute approximate surface area is 109 Å². The van der Waals surface area contributed by atoms with Crippen molar-refractivity contribution in [2.45, 2.75) is 51.3 Å². The van der Waals surface area contributed by atoms with Crippen LogP contribution in [0.25, 0.3) is 0 Å². The quantitative estimate of drug-likeness (QED) is 0.762. The predicted molar refractivity (Wildman–Crippen MR) is 68.4 cm³/mol. The lowest BCUT2D eigenvalue weighted by atomic mass is 10.1. The number of hydrogen-bond donors (Lipinski definition) is 1. The van der Waals surface area contributed by atoms with Gasteiger partial charge in [0.15, 0.2) is 0 Å². The number of amides is 1. The van der Waals surface area contributed by atoms with Crippen LogP contribution in [0, 0.1) is 0 Å². The third kappa shape index (κ3) is 2.95. The summed E-state index contributed by atoms with van der Waals surface area (Å²) >= 11 is 0. The highest BCUT2D eigenvalue weighted by atomic mass is 16.6. The average Bonchev–Trinajstić information content (AvgIpc) is 2.68. The van der Waals surface area contributed by atoms with Gasteiger partial charge >= 0.3 is 6.09 Å². The van der Waals surface area contributed by atoms with E-state index in [1.54, 1.807) is 4.90 Å². The zero-order valence-corrected chi connectivity index (χ0v) is 11.6. The molecule has 0 saturated carbocycles. The number of ether oxygens (including phenoxy) is 1. The summed E-state index contributed by atoms with van der Waals surface area (Å²) < 4.78 is 5.40. The molecule has 0 bridgehead atoms. The Morgan fingerprint density at radius 2 is 2.06 bits per heavy atom. The molecule has 1 unspecified atom stereocenters. The minimum atomic E-state index is -0.433. The van der Waals surface area contributed by atoms with E-state index in [1.165, 1.54) is 0 Å². The number of piperazine rings is 1. The van der Waals surface area contributed by atoms with Crippen molar-refractivity contribution in [3.05, 3.63) is 0 Å². The number of carbonyl (C=O) groups excluding carboxylic acids is 1. The molecular weight excluding hydrogens is 232 g/mol. The summed E-state index contributed by atoms with van der Waals surface area (Å²) in [5, 5.41) is 9.29. The minimum absolute atomic E-state index is 0.213. The van der Waals surface area contributed by atoms with Gasteiger partial charge in [0.1, 0.15) is 5.60 Å². The highest BCUT2D eigenvalue weighted by molar-refractivity contribution is 5.68. The van der Waals surface area contributed by atoms with Crippen LogP contribution in [0.2, 0.25) is 0 Å². The van der Waals surface area contributed by atoms with Gasteiger partial charge in [0, 0.05) is 31.7 Å². The zero-order chi connectivity index (χ0) is 13.3. The van der Waals surface area contributed by atoms with Crippen molar-refractivity contribution in [1.82, 2.24) is 9.80 Å². The first-order valence-electron chi connectivity index (χ1n) is 6.75. The van der Waals surface area contributed by atoms with Gasteiger partial charge in [0.25, 0.3) is 0 Å². The maximum absolute atomic E-state index is 12.0. The lowest BCUT2D eigenvalue weighted by Crippen LogP contribution is -2.55. The summed E-state index contributed by atoms with van der Waals surface area (Å²) in [6.07, 6.45) is 1.88. The van der Waals surface area contributed by atoms with Gasteiger partial charge < -0.3 is 14.7 Å². The van der Waals surface area contributed by atoms with Gasteiger partial charge in [-0.3, -0.25) is 4.90 Å². The average molecular weight is 256 g/mol. The smallest absolute Gasteiger partial charge is 0.410 e. The second-order valence-electron chi connectivity index (χ2n) is 6.23. The van der Waals surface area contributed by atoms with Gasteiger partial charge in [-0.2, -0.15) is 0 Å². The lowest BCUT2D eigenvalue weighted by molar-refractivity contribution is 0.00201. The molecule has 0 radical (unpaired) electrons. The molecule has 0 aromatic heterocycles. The molecule has 0 spiro atoms. The predicted octanol–water partition coefficient (Wildman–Crippen LogP) is 1.06. The second-order valence-corrected chi connectivity index (χ2v) is 6.23. The molecule has 0 aliphatic carbocycles. The molecule has 2 heterocycles. The summed E-state index contributed by atoms with van der Waals surface area (Å²) in [5.74, 6) is 0. The van der Waals surface area contributed by atoms with E-state index in [1.807, 2.05) is 20.8 Å². The number of aliphatic hydroxyl groups is 1. The first-order valence-corrected chi connectivity index (χ1v) is 6.75. The Morgan fingerprint density at radius 1 is 1.33 bits per heavy atom. The van der Waals surface area contributed by atoms with Crippen molar-refractivity contribution in [2.24, 2.45) is 0 Å². The van der Waals surface area contributed by atoms with E-state index in [0.717, 1.165) is 25.9 Å². The number of aliphatic hydroxyl groups excluding tert-OH is 1. The van der Waals surface area contributed by atoms with Crippen molar-refractivity contribution in [2.75, 3.05) is 26.2 Å². The number of nitrogens with zero attached hydrogens (tertiary/aromatic N) is 2. The maximum Gasteiger partial charge on any atom is 0.410 e. The van der Waals surface area contributed by atoms with Crippen LogP contribution in [-0.4, -0.2) is 64.9 Å². The molecule has 2 aliphatic heterocycles. The van der Waals surface area contributed by atoms with Crippen LogP contribution < -0.4 is 0 Å². The molecule has 2 saturated heterocycles. The van der Waals surface area contributed by atoms with E-state index in [-0.39, 0.29) is 18.7 Å². The number of fused-ring (bicyclic) bond motifs is 1. The SMILES string of the molecule is CC(C)(C)OC(=O)N1CCN2C(CC[C@@H]2CO)C1. The van der Waals surface area contributed by atoms with E-state index < -0.39 is 5.60 Å². The Kier molecular flexibility index (Phi) is 3.82. The number of carbonyl (C=O) groups is 1. The highest BCUT2D eigenvalue weighted by Gasteiger charge is 2.39. The highest BCUT2D eigenvalue weighted by Crippen LogP contribution is 2.27. The van der Waals surface area contributed by atoms with Crippen LogP contribution >= 0.6 is 0 Å². The zero-order valence-electron chi connectivity index (χ0n) is 11.6. The first-order chi connectivity index (χ1) is 8.40. The Bertz CT molecular complexity index is 314. The Hall–Kier alpha value is -0.810. The molecule has 104 valence electrons. The van der Waals surface area contributed by atoms with Gasteiger partial charge in [0.05, 0.1) is 6.61 Å². The summed E-state index contributed by atoms with van der Waals surface area (Å²) in [6, 6.07) is 0.680. The van der Waals surface area contributed by atoms with Crippen molar-refractivity contribution in [1.29, 1.82) is 0 Å². The van der Waals surface area contributed by atoms with Crippen molar-refractivity contribution < 1.29 is 14.6 Å². The van der Waals surface area contributed by atoms with Crippen molar-refractivity contribution in [3.63, 3.8) is 0 Å².